The van der Waals surface area contributed by atoms with Crippen molar-refractivity contribution in [3.05, 3.63) is 29.3 Å². The summed E-state index contributed by atoms with van der Waals surface area (Å²) < 4.78 is 5.13. The maximum Gasteiger partial charge on any atom is 0.119 e. The maximum absolute atomic E-state index is 5.91. The number of benzene rings is 1. The van der Waals surface area contributed by atoms with E-state index in [1.165, 1.54) is 11.1 Å². The van der Waals surface area contributed by atoms with E-state index in [2.05, 4.69) is 6.07 Å². The normalized spacial score (nSPS) is 19.1. The van der Waals surface area contributed by atoms with Crippen LogP contribution < -0.4 is 10.5 Å². The lowest BCUT2D eigenvalue weighted by Crippen LogP contribution is -2.05. The summed E-state index contributed by atoms with van der Waals surface area (Å²) >= 11 is 0. The standard InChI is InChI=1S/C10H13NO.BrH/c1-12-8-4-2-7-3-5-10(11)9(7)6-8;/h2,4,6,10H,3,5,11H2,1H3;1H. The van der Waals surface area contributed by atoms with E-state index in [0.717, 1.165) is 18.6 Å². The van der Waals surface area contributed by atoms with Crippen molar-refractivity contribution in [2.45, 2.75) is 18.9 Å². The highest BCUT2D eigenvalue weighted by atomic mass is 79.9. The summed E-state index contributed by atoms with van der Waals surface area (Å²) in [4.78, 5) is 0. The quantitative estimate of drug-likeness (QED) is 0.822. The molecule has 1 atom stereocenters. The van der Waals surface area contributed by atoms with E-state index in [1.807, 2.05) is 12.1 Å². The van der Waals surface area contributed by atoms with Gasteiger partial charge in [-0.3, -0.25) is 0 Å². The predicted octanol–water partition coefficient (Wildman–Crippen LogP) is 2.22. The summed E-state index contributed by atoms with van der Waals surface area (Å²) in [6.45, 7) is 0. The Morgan fingerprint density at radius 1 is 1.46 bits per heavy atom. The zero-order valence-electron chi connectivity index (χ0n) is 7.62. The highest BCUT2D eigenvalue weighted by Crippen LogP contribution is 2.31. The zero-order chi connectivity index (χ0) is 8.55. The molecule has 0 aliphatic heterocycles. The second-order valence-corrected chi connectivity index (χ2v) is 3.21. The first kappa shape index (κ1) is 10.5. The van der Waals surface area contributed by atoms with Gasteiger partial charge in [0.1, 0.15) is 5.75 Å². The van der Waals surface area contributed by atoms with Gasteiger partial charge in [-0.1, -0.05) is 6.07 Å². The Morgan fingerprint density at radius 2 is 2.23 bits per heavy atom. The number of fused-ring (bicyclic) bond motifs is 1. The highest BCUT2D eigenvalue weighted by molar-refractivity contribution is 8.93. The van der Waals surface area contributed by atoms with Crippen molar-refractivity contribution in [2.75, 3.05) is 7.11 Å². The minimum absolute atomic E-state index is 0. The summed E-state index contributed by atoms with van der Waals surface area (Å²) in [7, 11) is 1.68. The first-order chi connectivity index (χ1) is 5.81. The molecule has 0 aromatic heterocycles. The molecule has 0 fully saturated rings. The first-order valence-corrected chi connectivity index (χ1v) is 4.23. The Kier molecular flexibility index (Phi) is 3.33. The Morgan fingerprint density at radius 3 is 2.92 bits per heavy atom. The number of aryl methyl sites for hydroxylation is 1. The fraction of sp³-hybridized carbons (Fsp3) is 0.400. The Labute approximate surface area is 88.9 Å². The van der Waals surface area contributed by atoms with Gasteiger partial charge in [0.15, 0.2) is 0 Å². The van der Waals surface area contributed by atoms with Gasteiger partial charge in [0.05, 0.1) is 7.11 Å². The van der Waals surface area contributed by atoms with E-state index >= 15 is 0 Å². The zero-order valence-corrected chi connectivity index (χ0v) is 9.33. The van der Waals surface area contributed by atoms with Crippen molar-refractivity contribution < 1.29 is 4.74 Å². The Bertz CT molecular complexity index is 301. The summed E-state index contributed by atoms with van der Waals surface area (Å²) in [5.41, 5.74) is 8.55. The molecule has 0 heterocycles. The summed E-state index contributed by atoms with van der Waals surface area (Å²) in [5, 5.41) is 0. The van der Waals surface area contributed by atoms with Crippen molar-refractivity contribution in [1.29, 1.82) is 0 Å². The third-order valence-electron chi connectivity index (χ3n) is 2.48. The number of rotatable bonds is 1. The van der Waals surface area contributed by atoms with Gasteiger partial charge in [0.2, 0.25) is 0 Å². The van der Waals surface area contributed by atoms with E-state index in [9.17, 15) is 0 Å². The molecule has 0 bridgehead atoms. The molecule has 0 saturated heterocycles. The third-order valence-corrected chi connectivity index (χ3v) is 2.48. The number of halogens is 1. The topological polar surface area (TPSA) is 35.2 Å². The average Bonchev–Trinajstić information content (AvgIpc) is 2.47. The fourth-order valence-electron chi connectivity index (χ4n) is 1.74. The molecule has 1 aliphatic carbocycles. The minimum atomic E-state index is 0. The molecule has 1 aliphatic rings. The second kappa shape index (κ2) is 4.11. The summed E-state index contributed by atoms with van der Waals surface area (Å²) in [5.74, 6) is 0.908. The lowest BCUT2D eigenvalue weighted by atomic mass is 10.1. The van der Waals surface area contributed by atoms with Crippen LogP contribution in [0.5, 0.6) is 5.75 Å². The highest BCUT2D eigenvalue weighted by Gasteiger charge is 2.18. The van der Waals surface area contributed by atoms with E-state index in [0.29, 0.717) is 0 Å². The van der Waals surface area contributed by atoms with Crippen molar-refractivity contribution >= 4 is 17.0 Å². The Balaban J connectivity index is 0.000000845. The van der Waals surface area contributed by atoms with E-state index in [1.54, 1.807) is 7.11 Å². The lowest BCUT2D eigenvalue weighted by molar-refractivity contribution is 0.414. The molecule has 1 aromatic carbocycles. The average molecular weight is 244 g/mol. The molecular formula is C10H14BrNO. The van der Waals surface area contributed by atoms with Crippen LogP contribution in [0.2, 0.25) is 0 Å². The van der Waals surface area contributed by atoms with Crippen LogP contribution in [0.3, 0.4) is 0 Å². The van der Waals surface area contributed by atoms with Gasteiger partial charge in [-0.25, -0.2) is 0 Å². The molecule has 3 heteroatoms. The SMILES string of the molecule is Br.COc1ccc2c(c1)C(N)CC2. The van der Waals surface area contributed by atoms with E-state index in [-0.39, 0.29) is 23.0 Å². The van der Waals surface area contributed by atoms with Crippen molar-refractivity contribution in [2.24, 2.45) is 5.73 Å². The van der Waals surface area contributed by atoms with Crippen LogP contribution in [0, 0.1) is 0 Å². The van der Waals surface area contributed by atoms with Crippen LogP contribution in [0.4, 0.5) is 0 Å². The minimum Gasteiger partial charge on any atom is -0.497 e. The van der Waals surface area contributed by atoms with Gasteiger partial charge >= 0.3 is 0 Å². The fourth-order valence-corrected chi connectivity index (χ4v) is 1.74. The third kappa shape index (κ3) is 1.86. The monoisotopic (exact) mass is 243 g/mol. The van der Waals surface area contributed by atoms with Gasteiger partial charge in [-0.2, -0.15) is 0 Å². The number of methoxy groups -OCH3 is 1. The Hall–Kier alpha value is -0.540. The molecule has 72 valence electrons. The molecular weight excluding hydrogens is 230 g/mol. The smallest absolute Gasteiger partial charge is 0.119 e. The molecule has 2 rings (SSSR count). The molecule has 2 N–H and O–H groups in total. The van der Waals surface area contributed by atoms with Crippen molar-refractivity contribution in [3.8, 4) is 5.75 Å². The maximum atomic E-state index is 5.91. The molecule has 0 radical (unpaired) electrons. The van der Waals surface area contributed by atoms with Crippen molar-refractivity contribution in [1.82, 2.24) is 0 Å². The molecule has 1 aromatic rings. The predicted molar refractivity (Wildman–Crippen MR) is 58.6 cm³/mol. The second-order valence-electron chi connectivity index (χ2n) is 3.21. The molecule has 2 nitrogen and oxygen atoms in total. The molecule has 1 unspecified atom stereocenters. The number of hydrogen-bond donors (Lipinski definition) is 1. The number of hydrogen-bond acceptors (Lipinski definition) is 2. The van der Waals surface area contributed by atoms with Gasteiger partial charge in [0, 0.05) is 6.04 Å². The van der Waals surface area contributed by atoms with Crippen molar-refractivity contribution in [3.63, 3.8) is 0 Å². The summed E-state index contributed by atoms with van der Waals surface area (Å²) in [6.07, 6.45) is 2.18. The lowest BCUT2D eigenvalue weighted by Gasteiger charge is -2.06. The van der Waals surface area contributed by atoms with Crippen LogP contribution in [-0.4, -0.2) is 7.11 Å². The molecule has 13 heavy (non-hydrogen) atoms. The van der Waals surface area contributed by atoms with E-state index in [4.69, 9.17) is 10.5 Å². The van der Waals surface area contributed by atoms with Gasteiger partial charge in [-0.05, 0) is 36.1 Å². The number of nitrogens with two attached hydrogens (primary N) is 1. The van der Waals surface area contributed by atoms with Gasteiger partial charge < -0.3 is 10.5 Å². The molecule has 0 amide bonds. The van der Waals surface area contributed by atoms with Crippen LogP contribution in [0.15, 0.2) is 18.2 Å². The molecule has 0 spiro atoms. The molecule has 0 saturated carbocycles. The largest absolute Gasteiger partial charge is 0.497 e. The number of ether oxygens (including phenoxy) is 1. The van der Waals surface area contributed by atoms with Crippen LogP contribution in [-0.2, 0) is 6.42 Å². The summed E-state index contributed by atoms with van der Waals surface area (Å²) in [6, 6.07) is 6.38. The first-order valence-electron chi connectivity index (χ1n) is 4.23. The van der Waals surface area contributed by atoms with Gasteiger partial charge in [0.25, 0.3) is 0 Å². The van der Waals surface area contributed by atoms with Crippen LogP contribution >= 0.6 is 17.0 Å². The van der Waals surface area contributed by atoms with Crippen LogP contribution in [0.25, 0.3) is 0 Å². The van der Waals surface area contributed by atoms with Crippen LogP contribution in [0.1, 0.15) is 23.6 Å². The van der Waals surface area contributed by atoms with Gasteiger partial charge in [-0.15, -0.1) is 17.0 Å². The van der Waals surface area contributed by atoms with E-state index < -0.39 is 0 Å².